The lowest BCUT2D eigenvalue weighted by atomic mass is 10.1. The summed E-state index contributed by atoms with van der Waals surface area (Å²) in [4.78, 5) is 13.5. The first kappa shape index (κ1) is 15.5. The van der Waals surface area contributed by atoms with E-state index in [0.717, 1.165) is 11.4 Å². The molecule has 1 saturated heterocycles. The van der Waals surface area contributed by atoms with E-state index in [9.17, 15) is 4.79 Å². The first-order chi connectivity index (χ1) is 9.87. The highest BCUT2D eigenvalue weighted by Gasteiger charge is 2.33. The van der Waals surface area contributed by atoms with Crippen LogP contribution >= 0.6 is 0 Å². The monoisotopic (exact) mass is 292 g/mol. The van der Waals surface area contributed by atoms with Gasteiger partial charge in [-0.15, -0.1) is 0 Å². The van der Waals surface area contributed by atoms with Crippen LogP contribution in [0, 0.1) is 0 Å². The molecular weight excluding hydrogens is 268 g/mol. The molecule has 0 aromatic heterocycles. The molecule has 2 rings (SSSR count). The maximum atomic E-state index is 11.8. The number of nitrogens with one attached hydrogen (secondary N) is 1. The lowest BCUT2D eigenvalue weighted by Gasteiger charge is -2.40. The second kappa shape index (κ2) is 6.24. The van der Waals surface area contributed by atoms with E-state index in [2.05, 4.69) is 5.32 Å². The zero-order valence-corrected chi connectivity index (χ0v) is 13.2. The molecule has 1 heterocycles. The highest BCUT2D eigenvalue weighted by Crippen LogP contribution is 2.20. The first-order valence-electron chi connectivity index (χ1n) is 7.34. The Bertz CT molecular complexity index is 473. The summed E-state index contributed by atoms with van der Waals surface area (Å²) in [5, 5.41) is 3.39. The largest absolute Gasteiger partial charge is 0.494 e. The van der Waals surface area contributed by atoms with Gasteiger partial charge >= 0.3 is 6.09 Å². The van der Waals surface area contributed by atoms with Gasteiger partial charge in [0.25, 0.3) is 0 Å². The minimum Gasteiger partial charge on any atom is -0.494 e. The minimum absolute atomic E-state index is 0.243. The molecule has 0 saturated carbocycles. The van der Waals surface area contributed by atoms with Crippen LogP contribution in [-0.2, 0) is 4.74 Å². The van der Waals surface area contributed by atoms with Crippen molar-refractivity contribution in [2.24, 2.45) is 0 Å². The van der Waals surface area contributed by atoms with Crippen LogP contribution < -0.4 is 10.1 Å². The predicted molar refractivity (Wildman–Crippen MR) is 82.8 cm³/mol. The van der Waals surface area contributed by atoms with E-state index in [1.807, 2.05) is 52.0 Å². The molecule has 116 valence electrons. The number of hydrogen-bond donors (Lipinski definition) is 1. The summed E-state index contributed by atoms with van der Waals surface area (Å²) >= 11 is 0. The van der Waals surface area contributed by atoms with Crippen molar-refractivity contribution in [3.63, 3.8) is 0 Å². The number of likely N-dealkylation sites (tertiary alicyclic amines) is 1. The maximum Gasteiger partial charge on any atom is 0.410 e. The van der Waals surface area contributed by atoms with Crippen molar-refractivity contribution in [3.05, 3.63) is 24.3 Å². The summed E-state index contributed by atoms with van der Waals surface area (Å²) in [5.41, 5.74) is 0.595. The number of amides is 1. The molecule has 1 aliphatic rings. The van der Waals surface area contributed by atoms with Crippen LogP contribution in [0.1, 0.15) is 27.7 Å². The average molecular weight is 292 g/mol. The Labute approximate surface area is 126 Å². The van der Waals surface area contributed by atoms with Gasteiger partial charge in [0, 0.05) is 18.8 Å². The first-order valence-corrected chi connectivity index (χ1v) is 7.34. The van der Waals surface area contributed by atoms with Crippen LogP contribution in [0.15, 0.2) is 24.3 Å². The molecule has 5 nitrogen and oxygen atoms in total. The van der Waals surface area contributed by atoms with Gasteiger partial charge in [0.05, 0.1) is 12.6 Å². The van der Waals surface area contributed by atoms with Crippen molar-refractivity contribution in [1.29, 1.82) is 0 Å². The Kier molecular flexibility index (Phi) is 4.60. The van der Waals surface area contributed by atoms with Crippen molar-refractivity contribution in [2.45, 2.75) is 39.3 Å². The number of anilines is 1. The van der Waals surface area contributed by atoms with Gasteiger partial charge < -0.3 is 19.7 Å². The number of carbonyl (C=O) groups excluding carboxylic acids is 1. The Morgan fingerprint density at radius 3 is 2.43 bits per heavy atom. The highest BCUT2D eigenvalue weighted by atomic mass is 16.6. The third-order valence-electron chi connectivity index (χ3n) is 3.07. The molecule has 0 bridgehead atoms. The molecule has 1 amide bonds. The van der Waals surface area contributed by atoms with Gasteiger partial charge in [-0.25, -0.2) is 4.79 Å². The number of carbonyl (C=O) groups is 1. The molecule has 0 spiro atoms. The van der Waals surface area contributed by atoms with Crippen molar-refractivity contribution in [3.8, 4) is 5.75 Å². The number of ether oxygens (including phenoxy) is 2. The van der Waals surface area contributed by atoms with E-state index in [1.54, 1.807) is 4.90 Å². The summed E-state index contributed by atoms with van der Waals surface area (Å²) in [6.45, 7) is 9.59. The van der Waals surface area contributed by atoms with Gasteiger partial charge in [0.1, 0.15) is 11.4 Å². The molecule has 0 radical (unpaired) electrons. The van der Waals surface area contributed by atoms with E-state index in [4.69, 9.17) is 9.47 Å². The fourth-order valence-corrected chi connectivity index (χ4v) is 2.10. The quantitative estimate of drug-likeness (QED) is 0.926. The molecule has 1 fully saturated rings. The van der Waals surface area contributed by atoms with Crippen LogP contribution in [0.2, 0.25) is 0 Å². The van der Waals surface area contributed by atoms with E-state index in [-0.39, 0.29) is 12.1 Å². The van der Waals surface area contributed by atoms with E-state index >= 15 is 0 Å². The number of hydrogen-bond acceptors (Lipinski definition) is 4. The lowest BCUT2D eigenvalue weighted by Crippen LogP contribution is -2.57. The molecule has 5 heteroatoms. The van der Waals surface area contributed by atoms with Crippen LogP contribution in [0.5, 0.6) is 5.75 Å². The fraction of sp³-hybridized carbons (Fsp3) is 0.562. The molecule has 1 aliphatic heterocycles. The summed E-state index contributed by atoms with van der Waals surface area (Å²) < 4.78 is 10.7. The number of nitrogens with zero attached hydrogens (tertiary/aromatic N) is 1. The Hall–Kier alpha value is -1.91. The minimum atomic E-state index is -0.440. The Morgan fingerprint density at radius 2 is 1.90 bits per heavy atom. The van der Waals surface area contributed by atoms with Crippen molar-refractivity contribution in [2.75, 3.05) is 25.0 Å². The van der Waals surface area contributed by atoms with Crippen LogP contribution in [0.4, 0.5) is 10.5 Å². The van der Waals surface area contributed by atoms with E-state index < -0.39 is 5.60 Å². The summed E-state index contributed by atoms with van der Waals surface area (Å²) in [6, 6.07) is 8.13. The predicted octanol–water partition coefficient (Wildman–Crippen LogP) is 3.12. The molecule has 0 aliphatic carbocycles. The lowest BCUT2D eigenvalue weighted by molar-refractivity contribution is 0.0105. The molecule has 1 aromatic carbocycles. The van der Waals surface area contributed by atoms with Gasteiger partial charge in [-0.3, -0.25) is 0 Å². The zero-order chi connectivity index (χ0) is 15.5. The summed E-state index contributed by atoms with van der Waals surface area (Å²) in [6.07, 6.45) is -0.243. The number of benzene rings is 1. The fourth-order valence-electron chi connectivity index (χ4n) is 2.10. The van der Waals surface area contributed by atoms with Gasteiger partial charge in [-0.2, -0.15) is 0 Å². The smallest absolute Gasteiger partial charge is 0.410 e. The van der Waals surface area contributed by atoms with Gasteiger partial charge in [0.15, 0.2) is 0 Å². The third kappa shape index (κ3) is 4.55. The third-order valence-corrected chi connectivity index (χ3v) is 3.07. The molecule has 0 unspecified atom stereocenters. The van der Waals surface area contributed by atoms with Crippen molar-refractivity contribution < 1.29 is 14.3 Å². The SMILES string of the molecule is CCOc1ccc(NC2CN(C(=O)OC(C)(C)C)C2)cc1. The van der Waals surface area contributed by atoms with Crippen molar-refractivity contribution >= 4 is 11.8 Å². The normalized spacial score (nSPS) is 15.3. The Balaban J connectivity index is 1.76. The van der Waals surface area contributed by atoms with Gasteiger partial charge in [-0.05, 0) is 52.0 Å². The van der Waals surface area contributed by atoms with Crippen LogP contribution in [0.3, 0.4) is 0 Å². The molecular formula is C16H24N2O3. The van der Waals surface area contributed by atoms with Crippen molar-refractivity contribution in [1.82, 2.24) is 4.90 Å². The topological polar surface area (TPSA) is 50.8 Å². The second-order valence-corrected chi connectivity index (χ2v) is 6.18. The van der Waals surface area contributed by atoms with Gasteiger partial charge in [-0.1, -0.05) is 0 Å². The van der Waals surface area contributed by atoms with E-state index in [1.165, 1.54) is 0 Å². The standard InChI is InChI=1S/C16H24N2O3/c1-5-20-14-8-6-12(7-9-14)17-13-10-18(11-13)15(19)21-16(2,3)4/h6-9,13,17H,5,10-11H2,1-4H3. The second-order valence-electron chi connectivity index (χ2n) is 6.18. The van der Waals surface area contributed by atoms with Gasteiger partial charge in [0.2, 0.25) is 0 Å². The summed E-state index contributed by atoms with van der Waals surface area (Å²) in [5.74, 6) is 0.868. The average Bonchev–Trinajstić information content (AvgIpc) is 2.33. The number of rotatable bonds is 4. The van der Waals surface area contributed by atoms with Crippen LogP contribution in [0.25, 0.3) is 0 Å². The molecule has 21 heavy (non-hydrogen) atoms. The summed E-state index contributed by atoms with van der Waals surface area (Å²) in [7, 11) is 0. The molecule has 1 aromatic rings. The molecule has 0 atom stereocenters. The van der Waals surface area contributed by atoms with Crippen LogP contribution in [-0.4, -0.2) is 42.3 Å². The Morgan fingerprint density at radius 1 is 1.29 bits per heavy atom. The zero-order valence-electron chi connectivity index (χ0n) is 13.2. The maximum absolute atomic E-state index is 11.8. The highest BCUT2D eigenvalue weighted by molar-refractivity contribution is 5.69. The van der Waals surface area contributed by atoms with E-state index in [0.29, 0.717) is 19.7 Å². The molecule has 1 N–H and O–H groups in total.